The molecular weight excluding hydrogens is 395 g/mol. The second kappa shape index (κ2) is 5.30. The second-order valence-corrected chi connectivity index (χ2v) is 5.53. The molecule has 0 aliphatic carbocycles. The van der Waals surface area contributed by atoms with E-state index in [1.54, 1.807) is 0 Å². The predicted molar refractivity (Wildman–Crippen MR) is 80.1 cm³/mol. The molecule has 0 spiro atoms. The van der Waals surface area contributed by atoms with Gasteiger partial charge in [0, 0.05) is 10.0 Å². The molecule has 2 aromatic rings. The van der Waals surface area contributed by atoms with Crippen molar-refractivity contribution < 1.29 is 0 Å². The number of nitrogens with zero attached hydrogens (tertiary/aromatic N) is 1. The van der Waals surface area contributed by atoms with Gasteiger partial charge in [-0.1, -0.05) is 35.0 Å². The van der Waals surface area contributed by atoms with Gasteiger partial charge in [0.15, 0.2) is 0 Å². The third kappa shape index (κ3) is 2.77. The van der Waals surface area contributed by atoms with E-state index >= 15 is 0 Å². The molecule has 0 aliphatic heterocycles. The zero-order valence-corrected chi connectivity index (χ0v) is 12.9. The van der Waals surface area contributed by atoms with Crippen LogP contribution in [0.25, 0.3) is 11.4 Å². The second-order valence-electron chi connectivity index (χ2n) is 3.54. The minimum Gasteiger partial charge on any atom is -0.306 e. The zero-order valence-electron chi connectivity index (χ0n) is 9.13. The van der Waals surface area contributed by atoms with Gasteiger partial charge >= 0.3 is 0 Å². The Morgan fingerprint density at radius 3 is 2.88 bits per heavy atom. The Bertz CT molecular complexity index is 610. The predicted octanol–water partition coefficient (Wildman–Crippen LogP) is 3.37. The quantitative estimate of drug-likeness (QED) is 0.780. The Morgan fingerprint density at radius 2 is 2.24 bits per heavy atom. The molecule has 0 atom stereocenters. The normalized spacial score (nSPS) is 10.5. The van der Waals surface area contributed by atoms with Gasteiger partial charge in [-0.2, -0.15) is 0 Å². The van der Waals surface area contributed by atoms with Gasteiger partial charge in [0.25, 0.3) is 5.56 Å². The minimum atomic E-state index is -0.0765. The van der Waals surface area contributed by atoms with Crippen LogP contribution in [0.15, 0.2) is 33.5 Å². The maximum Gasteiger partial charge on any atom is 0.264 e. The van der Waals surface area contributed by atoms with E-state index in [-0.39, 0.29) is 5.56 Å². The molecule has 0 bridgehead atoms. The molecule has 0 radical (unpaired) electrons. The number of nitrogens with one attached hydrogen (secondary N) is 1. The summed E-state index contributed by atoms with van der Waals surface area (Å²) in [7, 11) is 0. The number of benzene rings is 1. The van der Waals surface area contributed by atoms with Crippen molar-refractivity contribution >= 4 is 38.5 Å². The Hall–Kier alpha value is -0.690. The number of aryl methyl sites for hydroxylation is 1. The van der Waals surface area contributed by atoms with E-state index in [2.05, 4.69) is 25.9 Å². The van der Waals surface area contributed by atoms with E-state index in [4.69, 9.17) is 0 Å². The summed E-state index contributed by atoms with van der Waals surface area (Å²) in [5.74, 6) is 0.619. The highest BCUT2D eigenvalue weighted by atomic mass is 127. The van der Waals surface area contributed by atoms with Crippen molar-refractivity contribution in [2.45, 2.75) is 13.3 Å². The third-order valence-electron chi connectivity index (χ3n) is 2.36. The molecule has 0 unspecified atom stereocenters. The molecule has 0 fully saturated rings. The molecule has 0 aliphatic rings. The molecular formula is C12H10BrIN2O. The van der Waals surface area contributed by atoms with Crippen molar-refractivity contribution in [2.75, 3.05) is 0 Å². The van der Waals surface area contributed by atoms with Crippen LogP contribution < -0.4 is 5.56 Å². The Morgan fingerprint density at radius 1 is 1.47 bits per heavy atom. The van der Waals surface area contributed by atoms with Crippen molar-refractivity contribution in [3.05, 3.63) is 48.4 Å². The van der Waals surface area contributed by atoms with E-state index in [1.807, 2.05) is 53.8 Å². The fourth-order valence-electron chi connectivity index (χ4n) is 1.51. The summed E-state index contributed by atoms with van der Waals surface area (Å²) < 4.78 is 1.64. The largest absolute Gasteiger partial charge is 0.306 e. The van der Waals surface area contributed by atoms with Gasteiger partial charge in [0.1, 0.15) is 5.82 Å². The Labute approximate surface area is 121 Å². The summed E-state index contributed by atoms with van der Waals surface area (Å²) >= 11 is 5.44. The third-order valence-corrected chi connectivity index (χ3v) is 3.97. The van der Waals surface area contributed by atoms with Crippen LogP contribution in [0.1, 0.15) is 12.6 Å². The highest BCUT2D eigenvalue weighted by Gasteiger charge is 2.08. The van der Waals surface area contributed by atoms with E-state index in [0.29, 0.717) is 9.39 Å². The van der Waals surface area contributed by atoms with Crippen molar-refractivity contribution in [3.63, 3.8) is 0 Å². The fraction of sp³-hybridized carbons (Fsp3) is 0.167. The molecule has 17 heavy (non-hydrogen) atoms. The Balaban J connectivity index is 2.61. The van der Waals surface area contributed by atoms with Crippen LogP contribution in [-0.4, -0.2) is 9.97 Å². The molecule has 0 amide bonds. The molecule has 2 rings (SSSR count). The van der Waals surface area contributed by atoms with Crippen molar-refractivity contribution in [3.8, 4) is 11.4 Å². The van der Waals surface area contributed by atoms with Crippen molar-refractivity contribution in [2.24, 2.45) is 0 Å². The number of hydrogen-bond donors (Lipinski definition) is 1. The average molecular weight is 405 g/mol. The molecule has 3 nitrogen and oxygen atoms in total. The Kier molecular flexibility index (Phi) is 3.98. The zero-order chi connectivity index (χ0) is 12.4. The molecule has 1 aromatic carbocycles. The first kappa shape index (κ1) is 12.8. The molecule has 1 N–H and O–H groups in total. The van der Waals surface area contributed by atoms with E-state index < -0.39 is 0 Å². The molecule has 0 saturated carbocycles. The SMILES string of the molecule is CCc1nc(-c2cccc(Br)c2)[nH]c(=O)c1I. The maximum absolute atomic E-state index is 11.8. The maximum atomic E-state index is 11.8. The van der Waals surface area contributed by atoms with Crippen LogP contribution in [0.5, 0.6) is 0 Å². The lowest BCUT2D eigenvalue weighted by Crippen LogP contribution is -2.15. The van der Waals surface area contributed by atoms with Crippen LogP contribution in [0.3, 0.4) is 0 Å². The van der Waals surface area contributed by atoms with Crippen molar-refractivity contribution in [1.29, 1.82) is 0 Å². The van der Waals surface area contributed by atoms with Gasteiger partial charge in [-0.3, -0.25) is 4.79 Å². The van der Waals surface area contributed by atoms with Gasteiger partial charge in [-0.25, -0.2) is 4.98 Å². The summed E-state index contributed by atoms with van der Waals surface area (Å²) in [5, 5.41) is 0. The number of rotatable bonds is 2. The van der Waals surface area contributed by atoms with Gasteiger partial charge in [-0.15, -0.1) is 0 Å². The fourth-order valence-corrected chi connectivity index (χ4v) is 2.55. The van der Waals surface area contributed by atoms with Gasteiger partial charge in [0.2, 0.25) is 0 Å². The first-order chi connectivity index (χ1) is 8.11. The summed E-state index contributed by atoms with van der Waals surface area (Å²) in [5.41, 5.74) is 1.67. The first-order valence-corrected chi connectivity index (χ1v) is 7.03. The lowest BCUT2D eigenvalue weighted by atomic mass is 10.2. The molecule has 1 heterocycles. The lowest BCUT2D eigenvalue weighted by molar-refractivity contribution is 0.968. The van der Waals surface area contributed by atoms with Crippen LogP contribution in [0, 0.1) is 3.57 Å². The van der Waals surface area contributed by atoms with Crippen LogP contribution >= 0.6 is 38.5 Å². The molecule has 0 saturated heterocycles. The summed E-state index contributed by atoms with van der Waals surface area (Å²) in [4.78, 5) is 19.0. The molecule has 88 valence electrons. The lowest BCUT2D eigenvalue weighted by Gasteiger charge is -2.05. The number of aromatic amines is 1. The number of halogens is 2. The summed E-state index contributed by atoms with van der Waals surface area (Å²) in [6, 6.07) is 7.72. The van der Waals surface area contributed by atoms with E-state index in [0.717, 1.165) is 22.2 Å². The highest BCUT2D eigenvalue weighted by molar-refractivity contribution is 14.1. The molecule has 1 aromatic heterocycles. The minimum absolute atomic E-state index is 0.0765. The standard InChI is InChI=1S/C12H10BrIN2O/c1-2-9-10(14)12(17)16-11(15-9)7-4-3-5-8(13)6-7/h3-6H,2H2,1H3,(H,15,16,17). The smallest absolute Gasteiger partial charge is 0.264 e. The van der Waals surface area contributed by atoms with Gasteiger partial charge < -0.3 is 4.98 Å². The van der Waals surface area contributed by atoms with Crippen LogP contribution in [-0.2, 0) is 6.42 Å². The topological polar surface area (TPSA) is 45.8 Å². The average Bonchev–Trinajstić information content (AvgIpc) is 2.32. The van der Waals surface area contributed by atoms with E-state index in [9.17, 15) is 4.79 Å². The van der Waals surface area contributed by atoms with E-state index in [1.165, 1.54) is 0 Å². The van der Waals surface area contributed by atoms with Gasteiger partial charge in [0.05, 0.1) is 9.26 Å². The number of aromatic nitrogens is 2. The number of hydrogen-bond acceptors (Lipinski definition) is 2. The number of H-pyrrole nitrogens is 1. The van der Waals surface area contributed by atoms with Gasteiger partial charge in [-0.05, 0) is 41.1 Å². The van der Waals surface area contributed by atoms with Crippen LogP contribution in [0.2, 0.25) is 0 Å². The van der Waals surface area contributed by atoms with Crippen molar-refractivity contribution in [1.82, 2.24) is 9.97 Å². The summed E-state index contributed by atoms with van der Waals surface area (Å²) in [6.45, 7) is 1.99. The molecule has 5 heteroatoms. The summed E-state index contributed by atoms with van der Waals surface area (Å²) in [6.07, 6.45) is 0.753. The monoisotopic (exact) mass is 404 g/mol. The highest BCUT2D eigenvalue weighted by Crippen LogP contribution is 2.20. The first-order valence-electron chi connectivity index (χ1n) is 5.16. The van der Waals surface area contributed by atoms with Crippen LogP contribution in [0.4, 0.5) is 0 Å².